The molecule has 0 radical (unpaired) electrons. The number of halogens is 1. The maximum atomic E-state index is 12.4. The molecule has 1 aromatic heterocycles. The Labute approximate surface area is 123 Å². The molecule has 0 N–H and O–H groups in total. The SMILES string of the molecule is CC(C)(C)c1cn(Cc2ccc(OS(=O)(=O)F)cc2)cn1. The number of nitrogens with zero attached hydrogens (tertiary/aromatic N) is 2. The van der Waals surface area contributed by atoms with E-state index in [1.54, 1.807) is 18.5 Å². The van der Waals surface area contributed by atoms with Gasteiger partial charge in [-0.1, -0.05) is 36.8 Å². The molecule has 0 amide bonds. The van der Waals surface area contributed by atoms with Crippen LogP contribution < -0.4 is 4.18 Å². The van der Waals surface area contributed by atoms with Crippen LogP contribution in [0, 0.1) is 0 Å². The van der Waals surface area contributed by atoms with Gasteiger partial charge >= 0.3 is 10.5 Å². The molecule has 7 heteroatoms. The number of hydrogen-bond acceptors (Lipinski definition) is 4. The lowest BCUT2D eigenvalue weighted by Gasteiger charge is -2.14. The Hall–Kier alpha value is -1.89. The molecule has 0 fully saturated rings. The fraction of sp³-hybridized carbons (Fsp3) is 0.357. The van der Waals surface area contributed by atoms with Gasteiger partial charge in [-0.25, -0.2) is 4.98 Å². The highest BCUT2D eigenvalue weighted by molar-refractivity contribution is 7.81. The molecule has 0 unspecified atom stereocenters. The molecule has 114 valence electrons. The Morgan fingerprint density at radius 2 is 1.86 bits per heavy atom. The van der Waals surface area contributed by atoms with E-state index in [4.69, 9.17) is 0 Å². The fourth-order valence-electron chi connectivity index (χ4n) is 1.81. The van der Waals surface area contributed by atoms with Crippen molar-refractivity contribution < 1.29 is 16.5 Å². The van der Waals surface area contributed by atoms with Crippen LogP contribution in [0.1, 0.15) is 32.0 Å². The van der Waals surface area contributed by atoms with Gasteiger partial charge < -0.3 is 8.75 Å². The molecule has 0 aliphatic rings. The molecule has 2 rings (SSSR count). The summed E-state index contributed by atoms with van der Waals surface area (Å²) in [6.07, 6.45) is 3.72. The zero-order valence-electron chi connectivity index (χ0n) is 12.1. The summed E-state index contributed by atoms with van der Waals surface area (Å²) in [7, 11) is -4.98. The Balaban J connectivity index is 2.08. The van der Waals surface area contributed by atoms with Gasteiger partial charge in [0.25, 0.3) is 0 Å². The lowest BCUT2D eigenvalue weighted by atomic mass is 9.93. The highest BCUT2D eigenvalue weighted by atomic mass is 32.3. The standard InChI is InChI=1S/C14H17FN2O3S/c1-14(2,3)13-9-17(10-16-13)8-11-4-6-12(7-5-11)20-21(15,18)19/h4-7,9-10H,8H2,1-3H3. The average Bonchev–Trinajstić information content (AvgIpc) is 2.78. The predicted octanol–water partition coefficient (Wildman–Crippen LogP) is 2.82. The van der Waals surface area contributed by atoms with E-state index in [1.165, 1.54) is 12.1 Å². The largest absolute Gasteiger partial charge is 0.488 e. The zero-order chi connectivity index (χ0) is 15.7. The summed E-state index contributed by atoms with van der Waals surface area (Å²) in [5.41, 5.74) is 1.90. The van der Waals surface area contributed by atoms with Crippen LogP contribution in [0.15, 0.2) is 36.8 Å². The number of benzene rings is 1. The topological polar surface area (TPSA) is 61.2 Å². The maximum Gasteiger partial charge on any atom is 0.488 e. The Morgan fingerprint density at radius 3 is 2.33 bits per heavy atom. The first-order chi connectivity index (χ1) is 9.63. The quantitative estimate of drug-likeness (QED) is 0.815. The summed E-state index contributed by atoms with van der Waals surface area (Å²) >= 11 is 0. The third kappa shape index (κ3) is 4.56. The van der Waals surface area contributed by atoms with E-state index in [0.717, 1.165) is 11.3 Å². The first-order valence-corrected chi connectivity index (χ1v) is 7.70. The van der Waals surface area contributed by atoms with Crippen molar-refractivity contribution >= 4 is 10.5 Å². The lowest BCUT2D eigenvalue weighted by molar-refractivity contribution is 0.440. The van der Waals surface area contributed by atoms with E-state index < -0.39 is 10.5 Å². The summed E-state index contributed by atoms with van der Waals surface area (Å²) < 4.78 is 39.2. The Bertz CT molecular complexity index is 715. The minimum absolute atomic E-state index is 0.0154. The second kappa shape index (κ2) is 5.48. The van der Waals surface area contributed by atoms with Gasteiger partial charge in [0.15, 0.2) is 0 Å². The normalized spacial score (nSPS) is 12.4. The van der Waals surface area contributed by atoms with Crippen LogP contribution >= 0.6 is 0 Å². The Kier molecular flexibility index (Phi) is 4.04. The molecular formula is C14H17FN2O3S. The fourth-order valence-corrected chi connectivity index (χ4v) is 2.15. The molecule has 21 heavy (non-hydrogen) atoms. The van der Waals surface area contributed by atoms with Crippen molar-refractivity contribution in [2.75, 3.05) is 0 Å². The number of hydrogen-bond donors (Lipinski definition) is 0. The summed E-state index contributed by atoms with van der Waals surface area (Å²) in [6, 6.07) is 6.18. The van der Waals surface area contributed by atoms with Crippen LogP contribution in [0.3, 0.4) is 0 Å². The maximum absolute atomic E-state index is 12.4. The van der Waals surface area contributed by atoms with E-state index in [9.17, 15) is 12.3 Å². The van der Waals surface area contributed by atoms with Crippen molar-refractivity contribution in [2.45, 2.75) is 32.7 Å². The predicted molar refractivity (Wildman–Crippen MR) is 77.1 cm³/mol. The molecule has 0 atom stereocenters. The van der Waals surface area contributed by atoms with E-state index in [2.05, 4.69) is 29.9 Å². The monoisotopic (exact) mass is 312 g/mol. The summed E-state index contributed by atoms with van der Waals surface area (Å²) in [6.45, 7) is 6.85. The van der Waals surface area contributed by atoms with E-state index in [-0.39, 0.29) is 11.2 Å². The third-order valence-corrected chi connectivity index (χ3v) is 3.28. The van der Waals surface area contributed by atoms with Crippen molar-refractivity contribution in [2.24, 2.45) is 0 Å². The summed E-state index contributed by atoms with van der Waals surface area (Å²) in [5, 5.41) is 0. The van der Waals surface area contributed by atoms with Gasteiger partial charge in [0.05, 0.1) is 12.0 Å². The summed E-state index contributed by atoms with van der Waals surface area (Å²) in [4.78, 5) is 4.36. The van der Waals surface area contributed by atoms with Crippen molar-refractivity contribution in [1.29, 1.82) is 0 Å². The number of aromatic nitrogens is 2. The van der Waals surface area contributed by atoms with Crippen LogP contribution in [0.4, 0.5) is 3.89 Å². The molecule has 0 saturated carbocycles. The third-order valence-electron chi connectivity index (χ3n) is 2.89. The second-order valence-corrected chi connectivity index (χ2v) is 6.75. The molecule has 0 spiro atoms. The Morgan fingerprint density at radius 1 is 1.24 bits per heavy atom. The smallest absolute Gasteiger partial charge is 0.358 e. The van der Waals surface area contributed by atoms with E-state index in [1.807, 2.05) is 10.8 Å². The molecule has 0 aliphatic heterocycles. The molecule has 2 aromatic rings. The van der Waals surface area contributed by atoms with Gasteiger partial charge in [-0.3, -0.25) is 0 Å². The van der Waals surface area contributed by atoms with Crippen LogP contribution in [0.25, 0.3) is 0 Å². The molecular weight excluding hydrogens is 295 g/mol. The highest BCUT2D eigenvalue weighted by Gasteiger charge is 2.16. The second-order valence-electron chi connectivity index (χ2n) is 5.80. The number of rotatable bonds is 4. The van der Waals surface area contributed by atoms with Crippen LogP contribution in [0.2, 0.25) is 0 Å². The van der Waals surface area contributed by atoms with Gasteiger partial charge in [-0.2, -0.15) is 8.42 Å². The van der Waals surface area contributed by atoms with Crippen LogP contribution in [-0.2, 0) is 22.5 Å². The average molecular weight is 312 g/mol. The molecule has 0 bridgehead atoms. The van der Waals surface area contributed by atoms with Gasteiger partial charge in [0.1, 0.15) is 5.75 Å². The zero-order valence-corrected chi connectivity index (χ0v) is 12.9. The molecule has 0 saturated heterocycles. The van der Waals surface area contributed by atoms with Crippen LogP contribution in [-0.4, -0.2) is 18.0 Å². The van der Waals surface area contributed by atoms with Crippen molar-refractivity contribution in [3.8, 4) is 5.75 Å². The summed E-state index contributed by atoms with van der Waals surface area (Å²) in [5.74, 6) is -0.0535. The molecule has 1 aromatic carbocycles. The van der Waals surface area contributed by atoms with E-state index in [0.29, 0.717) is 6.54 Å². The van der Waals surface area contributed by atoms with Crippen molar-refractivity contribution in [1.82, 2.24) is 9.55 Å². The highest BCUT2D eigenvalue weighted by Crippen LogP contribution is 2.20. The van der Waals surface area contributed by atoms with Crippen LogP contribution in [0.5, 0.6) is 5.75 Å². The first-order valence-electron chi connectivity index (χ1n) is 6.39. The van der Waals surface area contributed by atoms with Gasteiger partial charge in [-0.05, 0) is 17.7 Å². The number of imidazole rings is 1. The van der Waals surface area contributed by atoms with Gasteiger partial charge in [-0.15, -0.1) is 0 Å². The minimum Gasteiger partial charge on any atom is -0.358 e. The van der Waals surface area contributed by atoms with Crippen molar-refractivity contribution in [3.05, 3.63) is 48.0 Å². The lowest BCUT2D eigenvalue weighted by Crippen LogP contribution is -2.11. The first kappa shape index (κ1) is 15.5. The molecule has 5 nitrogen and oxygen atoms in total. The molecule has 1 heterocycles. The van der Waals surface area contributed by atoms with Gasteiger partial charge in [0.2, 0.25) is 0 Å². The van der Waals surface area contributed by atoms with E-state index >= 15 is 0 Å². The van der Waals surface area contributed by atoms with Gasteiger partial charge in [0, 0.05) is 18.2 Å². The minimum atomic E-state index is -4.98. The molecule has 0 aliphatic carbocycles. The van der Waals surface area contributed by atoms with Crippen molar-refractivity contribution in [3.63, 3.8) is 0 Å².